The number of aliphatic hydroxyl groups is 1. The number of thioether (sulfide) groups is 1. The van der Waals surface area contributed by atoms with Crippen LogP contribution in [-0.2, 0) is 16.6 Å². The number of hydrogen-bond acceptors (Lipinski definition) is 5. The van der Waals surface area contributed by atoms with Crippen LogP contribution in [0.25, 0.3) is 0 Å². The molecule has 1 heterocycles. The molecule has 0 radical (unpaired) electrons. The van der Waals surface area contributed by atoms with Crippen LogP contribution < -0.4 is 4.72 Å². The van der Waals surface area contributed by atoms with Crippen molar-refractivity contribution in [1.82, 2.24) is 4.72 Å². The number of sulfonamides is 1. The van der Waals surface area contributed by atoms with Crippen molar-refractivity contribution in [2.24, 2.45) is 0 Å². The molecule has 1 atom stereocenters. The zero-order valence-electron chi connectivity index (χ0n) is 9.84. The van der Waals surface area contributed by atoms with Gasteiger partial charge in [0, 0.05) is 11.8 Å². The minimum absolute atomic E-state index is 0.113. The molecule has 7 heteroatoms. The van der Waals surface area contributed by atoms with Crippen LogP contribution in [0, 0.1) is 0 Å². The molecule has 0 aromatic carbocycles. The van der Waals surface area contributed by atoms with Gasteiger partial charge in [0.2, 0.25) is 5.09 Å². The molecule has 1 aromatic heterocycles. The van der Waals surface area contributed by atoms with E-state index in [1.165, 1.54) is 12.1 Å². The Balaban J connectivity index is 2.80. The summed E-state index contributed by atoms with van der Waals surface area (Å²) in [6, 6.07) is 2.68. The summed E-state index contributed by atoms with van der Waals surface area (Å²) in [6.07, 6.45) is 2.64. The summed E-state index contributed by atoms with van der Waals surface area (Å²) in [4.78, 5) is 0. The molecule has 0 bridgehead atoms. The van der Waals surface area contributed by atoms with Gasteiger partial charge in [-0.3, -0.25) is 0 Å². The summed E-state index contributed by atoms with van der Waals surface area (Å²) >= 11 is 1.58. The predicted octanol–water partition coefficient (Wildman–Crippen LogP) is 1.19. The average Bonchev–Trinajstić information content (AvgIpc) is 2.77. The molecule has 0 fully saturated rings. The third-order valence-electron chi connectivity index (χ3n) is 2.24. The van der Waals surface area contributed by atoms with Crippen molar-refractivity contribution in [3.63, 3.8) is 0 Å². The lowest BCUT2D eigenvalue weighted by Crippen LogP contribution is -2.35. The second-order valence-corrected chi connectivity index (χ2v) is 6.12. The van der Waals surface area contributed by atoms with Crippen molar-refractivity contribution >= 4 is 21.8 Å². The highest BCUT2D eigenvalue weighted by atomic mass is 32.2. The topological polar surface area (TPSA) is 79.5 Å². The standard InChI is InChI=1S/C10H17NO4S2/c1-3-8(7-16-2)11-17(13,14)10-5-4-9(6-12)15-10/h4-5,8,11-12H,3,6-7H2,1-2H3. The molecule has 1 rings (SSSR count). The van der Waals surface area contributed by atoms with Gasteiger partial charge >= 0.3 is 0 Å². The van der Waals surface area contributed by atoms with Crippen molar-refractivity contribution in [2.45, 2.75) is 31.1 Å². The van der Waals surface area contributed by atoms with E-state index in [-0.39, 0.29) is 23.5 Å². The normalized spacial score (nSPS) is 13.8. The Hall–Kier alpha value is -0.500. The zero-order valence-corrected chi connectivity index (χ0v) is 11.5. The van der Waals surface area contributed by atoms with Crippen LogP contribution in [0.5, 0.6) is 0 Å². The SMILES string of the molecule is CCC(CSC)NS(=O)(=O)c1ccc(CO)o1. The van der Waals surface area contributed by atoms with E-state index in [2.05, 4.69) is 4.72 Å². The lowest BCUT2D eigenvalue weighted by molar-refractivity contribution is 0.236. The van der Waals surface area contributed by atoms with Crippen LogP contribution in [0.15, 0.2) is 21.6 Å². The quantitative estimate of drug-likeness (QED) is 0.784. The third-order valence-corrected chi connectivity index (χ3v) is 4.37. The molecule has 98 valence electrons. The lowest BCUT2D eigenvalue weighted by atomic mass is 10.3. The second kappa shape index (κ2) is 6.44. The lowest BCUT2D eigenvalue weighted by Gasteiger charge is -2.14. The van der Waals surface area contributed by atoms with Gasteiger partial charge in [-0.05, 0) is 24.8 Å². The largest absolute Gasteiger partial charge is 0.446 e. The maximum atomic E-state index is 11.9. The Bertz CT molecular complexity index is 441. The monoisotopic (exact) mass is 279 g/mol. The molecule has 0 amide bonds. The zero-order chi connectivity index (χ0) is 12.9. The number of hydrogen-bond donors (Lipinski definition) is 2. The summed E-state index contributed by atoms with van der Waals surface area (Å²) in [6.45, 7) is 1.61. The molecule has 0 aliphatic carbocycles. The highest BCUT2D eigenvalue weighted by Gasteiger charge is 2.22. The van der Waals surface area contributed by atoms with Gasteiger partial charge in [-0.25, -0.2) is 13.1 Å². The van der Waals surface area contributed by atoms with Gasteiger partial charge in [-0.15, -0.1) is 0 Å². The number of aliphatic hydroxyl groups excluding tert-OH is 1. The number of furan rings is 1. The van der Waals surface area contributed by atoms with E-state index in [0.29, 0.717) is 12.2 Å². The summed E-state index contributed by atoms with van der Waals surface area (Å²) in [7, 11) is -3.62. The second-order valence-electron chi connectivity index (χ2n) is 3.56. The summed E-state index contributed by atoms with van der Waals surface area (Å²) in [5.74, 6) is 0.951. The van der Waals surface area contributed by atoms with Gasteiger partial charge in [-0.1, -0.05) is 6.92 Å². The van der Waals surface area contributed by atoms with Crippen molar-refractivity contribution in [3.05, 3.63) is 17.9 Å². The van der Waals surface area contributed by atoms with Crippen LogP contribution in [0.2, 0.25) is 0 Å². The maximum absolute atomic E-state index is 11.9. The first-order valence-corrected chi connectivity index (χ1v) is 8.12. The Labute approximate surface area is 106 Å². The fraction of sp³-hybridized carbons (Fsp3) is 0.600. The Morgan fingerprint density at radius 2 is 2.24 bits per heavy atom. The van der Waals surface area contributed by atoms with E-state index in [9.17, 15) is 8.42 Å². The minimum Gasteiger partial charge on any atom is -0.446 e. The van der Waals surface area contributed by atoms with Gasteiger partial charge in [0.25, 0.3) is 10.0 Å². The molecular weight excluding hydrogens is 262 g/mol. The molecule has 2 N–H and O–H groups in total. The van der Waals surface area contributed by atoms with Crippen LogP contribution in [0.1, 0.15) is 19.1 Å². The first-order chi connectivity index (χ1) is 8.03. The Kier molecular flexibility index (Phi) is 5.51. The van der Waals surface area contributed by atoms with Crippen LogP contribution >= 0.6 is 11.8 Å². The molecule has 0 saturated heterocycles. The molecular formula is C10H17NO4S2. The van der Waals surface area contributed by atoms with Crippen LogP contribution in [0.3, 0.4) is 0 Å². The maximum Gasteiger partial charge on any atom is 0.274 e. The highest BCUT2D eigenvalue weighted by Crippen LogP contribution is 2.15. The first-order valence-electron chi connectivity index (χ1n) is 5.24. The Morgan fingerprint density at radius 1 is 1.53 bits per heavy atom. The molecule has 17 heavy (non-hydrogen) atoms. The van der Waals surface area contributed by atoms with Gasteiger partial charge in [0.15, 0.2) is 0 Å². The minimum atomic E-state index is -3.62. The third kappa shape index (κ3) is 4.02. The number of nitrogens with one attached hydrogen (secondary N) is 1. The molecule has 5 nitrogen and oxygen atoms in total. The summed E-state index contributed by atoms with van der Waals surface area (Å²) in [5.41, 5.74) is 0. The fourth-order valence-corrected chi connectivity index (χ4v) is 3.40. The van der Waals surface area contributed by atoms with Crippen molar-refractivity contribution in [3.8, 4) is 0 Å². The molecule has 0 aliphatic rings. The van der Waals surface area contributed by atoms with Gasteiger partial charge in [-0.2, -0.15) is 11.8 Å². The molecule has 1 aromatic rings. The van der Waals surface area contributed by atoms with Crippen molar-refractivity contribution in [2.75, 3.05) is 12.0 Å². The van der Waals surface area contributed by atoms with Gasteiger partial charge < -0.3 is 9.52 Å². The Morgan fingerprint density at radius 3 is 2.71 bits per heavy atom. The highest BCUT2D eigenvalue weighted by molar-refractivity contribution is 7.98. The fourth-order valence-electron chi connectivity index (χ4n) is 1.30. The molecule has 0 saturated carbocycles. The van der Waals surface area contributed by atoms with Crippen molar-refractivity contribution in [1.29, 1.82) is 0 Å². The summed E-state index contributed by atoms with van der Waals surface area (Å²) in [5, 5.41) is 8.66. The van der Waals surface area contributed by atoms with Crippen LogP contribution in [-0.4, -0.2) is 31.6 Å². The van der Waals surface area contributed by atoms with Gasteiger partial charge in [0.05, 0.1) is 0 Å². The summed E-state index contributed by atoms with van der Waals surface area (Å²) < 4.78 is 31.4. The van der Waals surface area contributed by atoms with Crippen LogP contribution in [0.4, 0.5) is 0 Å². The first kappa shape index (κ1) is 14.6. The van der Waals surface area contributed by atoms with Gasteiger partial charge in [0.1, 0.15) is 12.4 Å². The van der Waals surface area contributed by atoms with E-state index in [0.717, 1.165) is 0 Å². The molecule has 0 spiro atoms. The van der Waals surface area contributed by atoms with E-state index in [4.69, 9.17) is 9.52 Å². The van der Waals surface area contributed by atoms with Crippen molar-refractivity contribution < 1.29 is 17.9 Å². The van der Waals surface area contributed by atoms with E-state index >= 15 is 0 Å². The number of rotatable bonds is 7. The average molecular weight is 279 g/mol. The smallest absolute Gasteiger partial charge is 0.274 e. The van der Waals surface area contributed by atoms with E-state index in [1.54, 1.807) is 11.8 Å². The van der Waals surface area contributed by atoms with E-state index < -0.39 is 10.0 Å². The van der Waals surface area contributed by atoms with E-state index in [1.807, 2.05) is 13.2 Å². The predicted molar refractivity (Wildman–Crippen MR) is 67.4 cm³/mol. The molecule has 1 unspecified atom stereocenters. The molecule has 0 aliphatic heterocycles.